The fraction of sp³-hybridized carbons (Fsp3) is 0.900. The summed E-state index contributed by atoms with van der Waals surface area (Å²) < 4.78 is 0. The third-order valence-electron chi connectivity index (χ3n) is 2.42. The summed E-state index contributed by atoms with van der Waals surface area (Å²) in [5.41, 5.74) is 0. The number of rotatable bonds is 4. The van der Waals surface area contributed by atoms with Gasteiger partial charge in [-0.2, -0.15) is 0 Å². The average molecular weight is 250 g/mol. The summed E-state index contributed by atoms with van der Waals surface area (Å²) in [6.07, 6.45) is 1.00. The van der Waals surface area contributed by atoms with Crippen molar-refractivity contribution in [1.82, 2.24) is 4.90 Å². The third kappa shape index (κ3) is 3.67. The second-order valence-electron chi connectivity index (χ2n) is 3.85. The Balaban J connectivity index is 4.25. The quantitative estimate of drug-likeness (QED) is 0.702. The van der Waals surface area contributed by atoms with Crippen LogP contribution in [0.25, 0.3) is 0 Å². The van der Waals surface area contributed by atoms with E-state index >= 15 is 0 Å². The predicted octanol–water partition coefficient (Wildman–Crippen LogP) is 2.66. The van der Waals surface area contributed by atoms with Gasteiger partial charge in [0.15, 0.2) is 0 Å². The number of carbonyl (C=O) groups is 1. The lowest BCUT2D eigenvalue weighted by Gasteiger charge is -2.27. The Labute approximate surface area is 89.8 Å². The van der Waals surface area contributed by atoms with Crippen LogP contribution in [0.2, 0.25) is 0 Å². The second-order valence-corrected chi connectivity index (χ2v) is 4.84. The molecule has 2 unspecified atom stereocenters. The Hall–Kier alpha value is -0.0500. The molecule has 78 valence electrons. The molecule has 0 aromatic carbocycles. The van der Waals surface area contributed by atoms with Crippen molar-refractivity contribution in [3.8, 4) is 0 Å². The minimum absolute atomic E-state index is 0.0495. The number of halogens is 1. The molecule has 0 heterocycles. The first-order valence-corrected chi connectivity index (χ1v) is 5.74. The maximum Gasteiger partial charge on any atom is 0.236 e. The highest BCUT2D eigenvalue weighted by molar-refractivity contribution is 9.10. The summed E-state index contributed by atoms with van der Waals surface area (Å²) in [4.78, 5) is 13.5. The summed E-state index contributed by atoms with van der Waals surface area (Å²) in [6, 6.07) is 0.325. The summed E-state index contributed by atoms with van der Waals surface area (Å²) in [7, 11) is 1.87. The Kier molecular flexibility index (Phi) is 5.61. The highest BCUT2D eigenvalue weighted by atomic mass is 79.9. The van der Waals surface area contributed by atoms with Gasteiger partial charge in [-0.25, -0.2) is 0 Å². The first-order chi connectivity index (χ1) is 5.91. The molecule has 0 spiro atoms. The monoisotopic (exact) mass is 249 g/mol. The van der Waals surface area contributed by atoms with Gasteiger partial charge in [-0.05, 0) is 19.3 Å². The van der Waals surface area contributed by atoms with Gasteiger partial charge in [0.25, 0.3) is 0 Å². The van der Waals surface area contributed by atoms with Gasteiger partial charge in [-0.15, -0.1) is 0 Å². The van der Waals surface area contributed by atoms with E-state index < -0.39 is 0 Å². The topological polar surface area (TPSA) is 20.3 Å². The molecule has 0 aliphatic carbocycles. The molecular weight excluding hydrogens is 230 g/mol. The molecular formula is C10H20BrNO. The van der Waals surface area contributed by atoms with Crippen LogP contribution in [-0.4, -0.2) is 28.7 Å². The fourth-order valence-electron chi connectivity index (χ4n) is 0.971. The number of hydrogen-bond acceptors (Lipinski definition) is 1. The van der Waals surface area contributed by atoms with E-state index in [1.807, 2.05) is 25.8 Å². The van der Waals surface area contributed by atoms with E-state index in [2.05, 4.69) is 29.8 Å². The van der Waals surface area contributed by atoms with E-state index in [4.69, 9.17) is 0 Å². The molecule has 3 heteroatoms. The highest BCUT2D eigenvalue weighted by Crippen LogP contribution is 2.16. The summed E-state index contributed by atoms with van der Waals surface area (Å²) in [5.74, 6) is 0.531. The molecule has 0 bridgehead atoms. The van der Waals surface area contributed by atoms with Crippen LogP contribution >= 0.6 is 15.9 Å². The average Bonchev–Trinajstić information content (AvgIpc) is 2.12. The van der Waals surface area contributed by atoms with Crippen LogP contribution in [0, 0.1) is 5.92 Å². The Morgan fingerprint density at radius 2 is 1.85 bits per heavy atom. The molecule has 2 nitrogen and oxygen atoms in total. The lowest BCUT2D eigenvalue weighted by Crippen LogP contribution is -2.40. The molecule has 0 aromatic heterocycles. The lowest BCUT2D eigenvalue weighted by atomic mass is 10.1. The summed E-state index contributed by atoms with van der Waals surface area (Å²) in [5, 5.41) is 0. The smallest absolute Gasteiger partial charge is 0.236 e. The van der Waals surface area contributed by atoms with E-state index in [1.54, 1.807) is 0 Å². The van der Waals surface area contributed by atoms with Crippen LogP contribution in [0.4, 0.5) is 0 Å². The normalized spacial score (nSPS) is 15.6. The molecule has 0 aromatic rings. The van der Waals surface area contributed by atoms with Gasteiger partial charge < -0.3 is 4.90 Å². The summed E-state index contributed by atoms with van der Waals surface area (Å²) >= 11 is 3.41. The van der Waals surface area contributed by atoms with E-state index in [0.717, 1.165) is 6.42 Å². The van der Waals surface area contributed by atoms with Crippen molar-refractivity contribution >= 4 is 21.8 Å². The Morgan fingerprint density at radius 1 is 1.38 bits per heavy atom. The molecule has 0 saturated carbocycles. The number of hydrogen-bond donors (Lipinski definition) is 0. The molecule has 0 aliphatic rings. The van der Waals surface area contributed by atoms with Crippen LogP contribution in [-0.2, 0) is 4.79 Å². The predicted molar refractivity (Wildman–Crippen MR) is 60.1 cm³/mol. The van der Waals surface area contributed by atoms with E-state index in [0.29, 0.717) is 12.0 Å². The maximum atomic E-state index is 11.8. The molecule has 13 heavy (non-hydrogen) atoms. The zero-order valence-corrected chi connectivity index (χ0v) is 10.8. The molecule has 0 rings (SSSR count). The Morgan fingerprint density at radius 3 is 2.15 bits per heavy atom. The molecule has 2 atom stereocenters. The van der Waals surface area contributed by atoms with Crippen molar-refractivity contribution in [1.29, 1.82) is 0 Å². The van der Waals surface area contributed by atoms with Gasteiger partial charge in [0.05, 0.1) is 4.83 Å². The van der Waals surface area contributed by atoms with Gasteiger partial charge in [-0.3, -0.25) is 4.79 Å². The van der Waals surface area contributed by atoms with Gasteiger partial charge in [-0.1, -0.05) is 36.7 Å². The van der Waals surface area contributed by atoms with Crippen LogP contribution in [0.3, 0.4) is 0 Å². The zero-order chi connectivity index (χ0) is 10.6. The lowest BCUT2D eigenvalue weighted by molar-refractivity contribution is -0.131. The van der Waals surface area contributed by atoms with Gasteiger partial charge in [0, 0.05) is 13.1 Å². The first kappa shape index (κ1) is 12.9. The van der Waals surface area contributed by atoms with Crippen LogP contribution in [0.1, 0.15) is 34.1 Å². The van der Waals surface area contributed by atoms with Crippen molar-refractivity contribution in [3.05, 3.63) is 0 Å². The van der Waals surface area contributed by atoms with Crippen LogP contribution in [0.15, 0.2) is 0 Å². The van der Waals surface area contributed by atoms with Crippen LogP contribution < -0.4 is 0 Å². The molecule has 0 aliphatic heterocycles. The maximum absolute atomic E-state index is 11.8. The van der Waals surface area contributed by atoms with Gasteiger partial charge in [0.2, 0.25) is 5.91 Å². The summed E-state index contributed by atoms with van der Waals surface area (Å²) in [6.45, 7) is 8.24. The fourth-order valence-corrected chi connectivity index (χ4v) is 1.29. The number of nitrogens with zero attached hydrogens (tertiary/aromatic N) is 1. The largest absolute Gasteiger partial charge is 0.342 e. The molecule has 0 fully saturated rings. The van der Waals surface area contributed by atoms with Crippen molar-refractivity contribution in [2.75, 3.05) is 7.05 Å². The zero-order valence-electron chi connectivity index (χ0n) is 9.17. The Bertz CT molecular complexity index is 170. The van der Waals surface area contributed by atoms with E-state index in [-0.39, 0.29) is 10.7 Å². The first-order valence-electron chi connectivity index (χ1n) is 4.82. The van der Waals surface area contributed by atoms with Crippen molar-refractivity contribution < 1.29 is 4.79 Å². The number of alkyl halides is 1. The minimum Gasteiger partial charge on any atom is -0.342 e. The van der Waals surface area contributed by atoms with E-state index in [9.17, 15) is 4.79 Å². The van der Waals surface area contributed by atoms with Crippen molar-refractivity contribution in [3.63, 3.8) is 0 Å². The SMILES string of the molecule is CCC(C)N(C)C(=O)C(Br)C(C)C. The van der Waals surface area contributed by atoms with Gasteiger partial charge in [0.1, 0.15) is 0 Å². The third-order valence-corrected chi connectivity index (χ3v) is 3.87. The molecule has 0 saturated heterocycles. The van der Waals surface area contributed by atoms with Crippen molar-refractivity contribution in [2.24, 2.45) is 5.92 Å². The number of carbonyl (C=O) groups excluding carboxylic acids is 1. The molecule has 1 amide bonds. The molecule has 0 radical (unpaired) electrons. The second kappa shape index (κ2) is 5.63. The van der Waals surface area contributed by atoms with Crippen molar-refractivity contribution in [2.45, 2.75) is 45.0 Å². The standard InChI is InChI=1S/C10H20BrNO/c1-6-8(4)12(5)10(13)9(11)7(2)3/h7-9H,6H2,1-5H3. The van der Waals surface area contributed by atoms with E-state index in [1.165, 1.54) is 0 Å². The molecule has 0 N–H and O–H groups in total. The van der Waals surface area contributed by atoms with Gasteiger partial charge >= 0.3 is 0 Å². The number of amides is 1. The highest BCUT2D eigenvalue weighted by Gasteiger charge is 2.24. The minimum atomic E-state index is -0.0495. The van der Waals surface area contributed by atoms with Crippen LogP contribution in [0.5, 0.6) is 0 Å².